The molecule has 2 fully saturated rings. The van der Waals surface area contributed by atoms with Crippen LogP contribution in [0, 0.1) is 0 Å². The normalized spacial score (nSPS) is 26.7. The Kier molecular flexibility index (Phi) is 3.54. The summed E-state index contributed by atoms with van der Waals surface area (Å²) in [6, 6.07) is 0. The van der Waals surface area contributed by atoms with Crippen LogP contribution in [0.3, 0.4) is 0 Å². The van der Waals surface area contributed by atoms with Crippen LogP contribution in [-0.2, 0) is 12.7 Å². The minimum absolute atomic E-state index is 0.218. The minimum Gasteiger partial charge on any atom is -0.391 e. The van der Waals surface area contributed by atoms with Crippen LogP contribution in [0.15, 0.2) is 5.38 Å². The summed E-state index contributed by atoms with van der Waals surface area (Å²) < 4.78 is 37.7. The molecule has 1 unspecified atom stereocenters. The minimum atomic E-state index is -4.37. The fourth-order valence-electron chi connectivity index (χ4n) is 3.53. The summed E-state index contributed by atoms with van der Waals surface area (Å²) in [6.45, 7) is 1.15. The Labute approximate surface area is 119 Å². The second-order valence-corrected chi connectivity index (χ2v) is 6.60. The zero-order chi connectivity index (χ0) is 14.4. The highest BCUT2D eigenvalue weighted by Gasteiger charge is 2.49. The van der Waals surface area contributed by atoms with Gasteiger partial charge in [-0.15, -0.1) is 11.3 Å². The highest BCUT2D eigenvalue weighted by molar-refractivity contribution is 7.09. The van der Waals surface area contributed by atoms with E-state index in [1.54, 1.807) is 0 Å². The van der Waals surface area contributed by atoms with E-state index in [1.165, 1.54) is 0 Å². The summed E-state index contributed by atoms with van der Waals surface area (Å²) >= 11 is 1.05. The van der Waals surface area contributed by atoms with E-state index in [4.69, 9.17) is 0 Å². The molecule has 0 aromatic carbocycles. The molecule has 20 heavy (non-hydrogen) atoms. The molecule has 1 aromatic heterocycles. The molecule has 1 aliphatic heterocycles. The van der Waals surface area contributed by atoms with Crippen molar-refractivity contribution in [2.75, 3.05) is 6.54 Å². The van der Waals surface area contributed by atoms with Gasteiger partial charge >= 0.3 is 6.18 Å². The Morgan fingerprint density at radius 1 is 1.40 bits per heavy atom. The second kappa shape index (κ2) is 4.96. The van der Waals surface area contributed by atoms with Gasteiger partial charge in [-0.05, 0) is 19.3 Å². The lowest BCUT2D eigenvalue weighted by atomic mass is 9.91. The molecule has 0 radical (unpaired) electrons. The number of aromatic nitrogens is 1. The zero-order valence-corrected chi connectivity index (χ0v) is 11.8. The molecule has 1 saturated heterocycles. The molecule has 112 valence electrons. The lowest BCUT2D eigenvalue weighted by Gasteiger charge is -2.36. The Morgan fingerprint density at radius 3 is 2.70 bits per heavy atom. The fraction of sp³-hybridized carbons (Fsp3) is 0.769. The molecule has 1 spiro atoms. The number of nitrogens with zero attached hydrogens (tertiary/aromatic N) is 2. The van der Waals surface area contributed by atoms with Crippen LogP contribution < -0.4 is 0 Å². The Morgan fingerprint density at radius 2 is 2.10 bits per heavy atom. The maximum absolute atomic E-state index is 12.6. The lowest BCUT2D eigenvalue weighted by Crippen LogP contribution is -2.47. The third-order valence-corrected chi connectivity index (χ3v) is 5.39. The molecule has 0 amide bonds. The molecular weight excluding hydrogens is 289 g/mol. The van der Waals surface area contributed by atoms with Gasteiger partial charge in [-0.25, -0.2) is 4.98 Å². The number of thiazole rings is 1. The number of halogens is 3. The Bertz CT molecular complexity index is 482. The summed E-state index contributed by atoms with van der Waals surface area (Å²) in [5.74, 6) is 0. The zero-order valence-electron chi connectivity index (χ0n) is 11.0. The van der Waals surface area contributed by atoms with Crippen LogP contribution in [-0.4, -0.2) is 33.2 Å². The number of likely N-dealkylation sites (tertiary alicyclic amines) is 1. The van der Waals surface area contributed by atoms with Crippen LogP contribution in [0.2, 0.25) is 0 Å². The van der Waals surface area contributed by atoms with Gasteiger partial charge in [0, 0.05) is 17.5 Å². The van der Waals surface area contributed by atoms with Crippen molar-refractivity contribution in [2.24, 2.45) is 0 Å². The van der Waals surface area contributed by atoms with Crippen LogP contribution in [0.25, 0.3) is 0 Å². The molecule has 3 rings (SSSR count). The molecule has 1 aromatic rings. The highest BCUT2D eigenvalue weighted by atomic mass is 32.1. The van der Waals surface area contributed by atoms with Gasteiger partial charge in [0.05, 0.1) is 12.6 Å². The molecule has 0 bridgehead atoms. The van der Waals surface area contributed by atoms with E-state index < -0.39 is 11.9 Å². The van der Waals surface area contributed by atoms with Crippen molar-refractivity contribution >= 4 is 11.3 Å². The monoisotopic (exact) mass is 306 g/mol. The van der Waals surface area contributed by atoms with E-state index >= 15 is 0 Å². The largest absolute Gasteiger partial charge is 0.434 e. The van der Waals surface area contributed by atoms with Crippen molar-refractivity contribution < 1.29 is 18.3 Å². The average molecular weight is 306 g/mol. The van der Waals surface area contributed by atoms with E-state index in [1.807, 2.05) is 0 Å². The quantitative estimate of drug-likeness (QED) is 0.912. The van der Waals surface area contributed by atoms with Crippen LogP contribution >= 0.6 is 11.3 Å². The SMILES string of the molecule is OC1CCN(Cc2nc(C(F)(F)F)cs2)C12CCCC2. The first-order chi connectivity index (χ1) is 9.42. The molecule has 1 saturated carbocycles. The number of aliphatic hydroxyl groups excluding tert-OH is 1. The summed E-state index contributed by atoms with van der Waals surface area (Å²) in [5, 5.41) is 11.8. The number of aliphatic hydroxyl groups is 1. The van der Waals surface area contributed by atoms with Crippen molar-refractivity contribution in [3.8, 4) is 0 Å². The summed E-state index contributed by atoms with van der Waals surface area (Å²) in [5.41, 5.74) is -1.03. The maximum atomic E-state index is 12.6. The molecule has 1 N–H and O–H groups in total. The van der Waals surface area contributed by atoms with Crippen molar-refractivity contribution in [3.63, 3.8) is 0 Å². The number of alkyl halides is 3. The van der Waals surface area contributed by atoms with E-state index in [2.05, 4.69) is 9.88 Å². The molecule has 7 heteroatoms. The number of rotatable bonds is 2. The van der Waals surface area contributed by atoms with E-state index in [9.17, 15) is 18.3 Å². The van der Waals surface area contributed by atoms with Gasteiger partial charge in [0.2, 0.25) is 0 Å². The van der Waals surface area contributed by atoms with Crippen LogP contribution in [0.5, 0.6) is 0 Å². The van der Waals surface area contributed by atoms with Gasteiger partial charge < -0.3 is 5.11 Å². The van der Waals surface area contributed by atoms with Gasteiger partial charge in [0.25, 0.3) is 0 Å². The Balaban J connectivity index is 1.76. The first kappa shape index (κ1) is 14.3. The number of hydrogen-bond acceptors (Lipinski definition) is 4. The summed E-state index contributed by atoms with van der Waals surface area (Å²) in [4.78, 5) is 5.84. The van der Waals surface area contributed by atoms with Crippen LogP contribution in [0.4, 0.5) is 13.2 Å². The van der Waals surface area contributed by atoms with Crippen molar-refractivity contribution in [1.29, 1.82) is 0 Å². The van der Waals surface area contributed by atoms with Gasteiger partial charge in [-0.3, -0.25) is 4.90 Å². The van der Waals surface area contributed by atoms with Crippen molar-refractivity contribution in [3.05, 3.63) is 16.1 Å². The molecule has 1 aliphatic carbocycles. The van der Waals surface area contributed by atoms with Crippen LogP contribution in [0.1, 0.15) is 42.8 Å². The lowest BCUT2D eigenvalue weighted by molar-refractivity contribution is -0.140. The standard InChI is InChI=1S/C13H17F3N2OS/c14-13(15,16)9-8-20-11(17-9)7-18-6-3-10(19)12(18)4-1-2-5-12/h8,10,19H,1-7H2. The predicted molar refractivity (Wildman–Crippen MR) is 69.3 cm³/mol. The summed E-state index contributed by atoms with van der Waals surface area (Å²) in [7, 11) is 0. The van der Waals surface area contributed by atoms with Gasteiger partial charge in [0.15, 0.2) is 5.69 Å². The topological polar surface area (TPSA) is 36.4 Å². The van der Waals surface area contributed by atoms with Crippen molar-refractivity contribution in [2.45, 2.75) is 56.5 Å². The first-order valence-electron chi connectivity index (χ1n) is 6.86. The average Bonchev–Trinajstić information content (AvgIpc) is 3.07. The first-order valence-corrected chi connectivity index (χ1v) is 7.74. The fourth-order valence-corrected chi connectivity index (χ4v) is 4.35. The Hall–Kier alpha value is -0.660. The van der Waals surface area contributed by atoms with E-state index in [-0.39, 0.29) is 11.6 Å². The third kappa shape index (κ3) is 2.35. The van der Waals surface area contributed by atoms with E-state index in [0.717, 1.165) is 48.9 Å². The molecule has 2 heterocycles. The van der Waals surface area contributed by atoms with Gasteiger partial charge in [0.1, 0.15) is 5.01 Å². The summed E-state index contributed by atoms with van der Waals surface area (Å²) in [6.07, 6.45) is 0.0181. The van der Waals surface area contributed by atoms with E-state index in [0.29, 0.717) is 18.0 Å². The van der Waals surface area contributed by atoms with Crippen molar-refractivity contribution in [1.82, 2.24) is 9.88 Å². The maximum Gasteiger partial charge on any atom is 0.434 e. The smallest absolute Gasteiger partial charge is 0.391 e. The molecule has 3 nitrogen and oxygen atoms in total. The van der Waals surface area contributed by atoms with Gasteiger partial charge in [-0.2, -0.15) is 13.2 Å². The molecule has 1 atom stereocenters. The predicted octanol–water partition coefficient (Wildman–Crippen LogP) is 3.04. The molecular formula is C13H17F3N2OS. The third-order valence-electron chi connectivity index (χ3n) is 4.56. The molecule has 2 aliphatic rings. The number of hydrogen-bond donors (Lipinski definition) is 1. The highest BCUT2D eigenvalue weighted by Crippen LogP contribution is 2.44. The van der Waals surface area contributed by atoms with Gasteiger partial charge in [-0.1, -0.05) is 12.8 Å². The second-order valence-electron chi connectivity index (χ2n) is 5.66.